The van der Waals surface area contributed by atoms with E-state index in [1.54, 1.807) is 6.92 Å². The number of benzene rings is 2. The summed E-state index contributed by atoms with van der Waals surface area (Å²) in [6.07, 6.45) is -0.339. The molecule has 2 rings (SSSR count). The molecule has 24 heavy (non-hydrogen) atoms. The van der Waals surface area contributed by atoms with Gasteiger partial charge >= 0.3 is 5.97 Å². The SMILES string of the molecule is C=C(C)C(=O)OCC(OCCOc1ccccc1)c1ccccc1. The molecule has 0 aliphatic heterocycles. The second kappa shape index (κ2) is 9.53. The topological polar surface area (TPSA) is 44.8 Å². The fourth-order valence-corrected chi connectivity index (χ4v) is 2.05. The van der Waals surface area contributed by atoms with Crippen molar-refractivity contribution in [3.63, 3.8) is 0 Å². The van der Waals surface area contributed by atoms with E-state index in [1.807, 2.05) is 60.7 Å². The third-order valence-electron chi connectivity index (χ3n) is 3.30. The van der Waals surface area contributed by atoms with Crippen LogP contribution in [-0.2, 0) is 14.3 Å². The van der Waals surface area contributed by atoms with Crippen molar-refractivity contribution < 1.29 is 19.0 Å². The summed E-state index contributed by atoms with van der Waals surface area (Å²) >= 11 is 0. The molecule has 2 aromatic carbocycles. The van der Waals surface area contributed by atoms with Crippen molar-refractivity contribution in [2.45, 2.75) is 13.0 Å². The Morgan fingerprint density at radius 1 is 1.00 bits per heavy atom. The third kappa shape index (κ3) is 5.89. The van der Waals surface area contributed by atoms with Gasteiger partial charge in [-0.25, -0.2) is 4.79 Å². The van der Waals surface area contributed by atoms with Gasteiger partial charge < -0.3 is 14.2 Å². The first-order valence-electron chi connectivity index (χ1n) is 7.84. The first-order chi connectivity index (χ1) is 11.7. The molecule has 1 atom stereocenters. The van der Waals surface area contributed by atoms with E-state index < -0.39 is 5.97 Å². The number of para-hydroxylation sites is 1. The largest absolute Gasteiger partial charge is 0.491 e. The highest BCUT2D eigenvalue weighted by Gasteiger charge is 2.15. The summed E-state index contributed by atoms with van der Waals surface area (Å²) in [5, 5.41) is 0. The Bertz CT molecular complexity index is 637. The van der Waals surface area contributed by atoms with E-state index in [1.165, 1.54) is 0 Å². The van der Waals surface area contributed by atoms with Crippen LogP contribution in [0, 0.1) is 0 Å². The molecular formula is C20H22O4. The van der Waals surface area contributed by atoms with Gasteiger partial charge in [0.15, 0.2) is 0 Å². The highest BCUT2D eigenvalue weighted by molar-refractivity contribution is 5.86. The average molecular weight is 326 g/mol. The highest BCUT2D eigenvalue weighted by atomic mass is 16.6. The Kier molecular flexibility index (Phi) is 7.05. The van der Waals surface area contributed by atoms with Gasteiger partial charge in [0.1, 0.15) is 25.1 Å². The fraction of sp³-hybridized carbons (Fsp3) is 0.250. The van der Waals surface area contributed by atoms with E-state index in [9.17, 15) is 4.79 Å². The third-order valence-corrected chi connectivity index (χ3v) is 3.30. The normalized spacial score (nSPS) is 11.5. The monoisotopic (exact) mass is 326 g/mol. The van der Waals surface area contributed by atoms with Gasteiger partial charge in [0.25, 0.3) is 0 Å². The molecule has 0 saturated carbocycles. The zero-order chi connectivity index (χ0) is 17.2. The van der Waals surface area contributed by atoms with Crippen molar-refractivity contribution in [3.8, 4) is 5.75 Å². The van der Waals surface area contributed by atoms with Crippen LogP contribution < -0.4 is 4.74 Å². The van der Waals surface area contributed by atoms with Gasteiger partial charge in [0, 0.05) is 5.57 Å². The number of carbonyl (C=O) groups is 1. The molecule has 0 bridgehead atoms. The summed E-state index contributed by atoms with van der Waals surface area (Å²) in [7, 11) is 0. The minimum absolute atomic E-state index is 0.140. The van der Waals surface area contributed by atoms with Crippen LogP contribution in [0.2, 0.25) is 0 Å². The zero-order valence-corrected chi connectivity index (χ0v) is 13.8. The summed E-state index contributed by atoms with van der Waals surface area (Å²) in [4.78, 5) is 11.6. The van der Waals surface area contributed by atoms with Gasteiger partial charge in [-0.2, -0.15) is 0 Å². The van der Waals surface area contributed by atoms with E-state index >= 15 is 0 Å². The minimum atomic E-state index is -0.417. The number of hydrogen-bond acceptors (Lipinski definition) is 4. The Labute approximate surface area is 142 Å². The number of hydrogen-bond donors (Lipinski definition) is 0. The second-order valence-corrected chi connectivity index (χ2v) is 5.31. The zero-order valence-electron chi connectivity index (χ0n) is 13.8. The Hall–Kier alpha value is -2.59. The standard InChI is InChI=1S/C20H22O4/c1-16(2)20(21)24-15-19(17-9-5-3-6-10-17)23-14-13-22-18-11-7-4-8-12-18/h3-12,19H,1,13-15H2,2H3. The lowest BCUT2D eigenvalue weighted by Gasteiger charge is -2.18. The maximum Gasteiger partial charge on any atom is 0.333 e. The smallest absolute Gasteiger partial charge is 0.333 e. The lowest BCUT2D eigenvalue weighted by molar-refractivity contribution is -0.143. The summed E-state index contributed by atoms with van der Waals surface area (Å²) < 4.78 is 16.7. The first-order valence-corrected chi connectivity index (χ1v) is 7.84. The lowest BCUT2D eigenvalue weighted by Crippen LogP contribution is -2.18. The van der Waals surface area contributed by atoms with Crippen molar-refractivity contribution >= 4 is 5.97 Å². The quantitative estimate of drug-likeness (QED) is 0.398. The maximum absolute atomic E-state index is 11.6. The molecule has 126 valence electrons. The van der Waals surface area contributed by atoms with E-state index in [2.05, 4.69) is 6.58 Å². The molecule has 0 radical (unpaired) electrons. The van der Waals surface area contributed by atoms with Gasteiger partial charge in [-0.3, -0.25) is 0 Å². The Morgan fingerprint density at radius 3 is 2.25 bits per heavy atom. The summed E-state index contributed by atoms with van der Waals surface area (Å²) in [6.45, 7) is 6.15. The summed E-state index contributed by atoms with van der Waals surface area (Å²) in [6, 6.07) is 19.2. The van der Waals surface area contributed by atoms with Crippen LogP contribution in [0.3, 0.4) is 0 Å². The average Bonchev–Trinajstić information content (AvgIpc) is 2.62. The predicted octanol–water partition coefficient (Wildman–Crippen LogP) is 3.94. The molecular weight excluding hydrogens is 304 g/mol. The van der Waals surface area contributed by atoms with E-state index in [-0.39, 0.29) is 12.7 Å². The van der Waals surface area contributed by atoms with Crippen molar-refractivity contribution in [2.24, 2.45) is 0 Å². The van der Waals surface area contributed by atoms with Crippen LogP contribution in [-0.4, -0.2) is 25.8 Å². The maximum atomic E-state index is 11.6. The number of ether oxygens (including phenoxy) is 3. The first kappa shape index (κ1) is 17.8. The van der Waals surface area contributed by atoms with Gasteiger partial charge in [-0.05, 0) is 24.6 Å². The van der Waals surface area contributed by atoms with Gasteiger partial charge in [0.2, 0.25) is 0 Å². The van der Waals surface area contributed by atoms with Crippen molar-refractivity contribution in [2.75, 3.05) is 19.8 Å². The molecule has 0 spiro atoms. The van der Waals surface area contributed by atoms with E-state index in [0.717, 1.165) is 11.3 Å². The molecule has 1 unspecified atom stereocenters. The Balaban J connectivity index is 1.86. The van der Waals surface area contributed by atoms with Crippen LogP contribution in [0.1, 0.15) is 18.6 Å². The van der Waals surface area contributed by atoms with Gasteiger partial charge in [-0.15, -0.1) is 0 Å². The number of esters is 1. The molecule has 0 aromatic heterocycles. The highest BCUT2D eigenvalue weighted by Crippen LogP contribution is 2.18. The molecule has 4 nitrogen and oxygen atoms in total. The van der Waals surface area contributed by atoms with E-state index in [4.69, 9.17) is 14.2 Å². The van der Waals surface area contributed by atoms with E-state index in [0.29, 0.717) is 18.8 Å². The molecule has 0 saturated heterocycles. The molecule has 2 aromatic rings. The molecule has 0 aliphatic carbocycles. The Morgan fingerprint density at radius 2 is 1.62 bits per heavy atom. The van der Waals surface area contributed by atoms with Crippen LogP contribution in [0.4, 0.5) is 0 Å². The predicted molar refractivity (Wildman–Crippen MR) is 92.8 cm³/mol. The molecule has 0 N–H and O–H groups in total. The van der Waals surface area contributed by atoms with Crippen LogP contribution >= 0.6 is 0 Å². The molecule has 4 heteroatoms. The fourth-order valence-electron chi connectivity index (χ4n) is 2.05. The van der Waals surface area contributed by atoms with Crippen molar-refractivity contribution in [1.82, 2.24) is 0 Å². The summed E-state index contributed by atoms with van der Waals surface area (Å²) in [5.41, 5.74) is 1.32. The van der Waals surface area contributed by atoms with Crippen LogP contribution in [0.25, 0.3) is 0 Å². The van der Waals surface area contributed by atoms with Gasteiger partial charge in [-0.1, -0.05) is 55.1 Å². The lowest BCUT2D eigenvalue weighted by atomic mass is 10.1. The van der Waals surface area contributed by atoms with Gasteiger partial charge in [0.05, 0.1) is 6.61 Å². The number of carbonyl (C=O) groups excluding carboxylic acids is 1. The van der Waals surface area contributed by atoms with Crippen LogP contribution in [0.15, 0.2) is 72.8 Å². The van der Waals surface area contributed by atoms with Crippen LogP contribution in [0.5, 0.6) is 5.75 Å². The molecule has 0 amide bonds. The molecule has 0 aliphatic rings. The van der Waals surface area contributed by atoms with Crippen molar-refractivity contribution in [1.29, 1.82) is 0 Å². The summed E-state index contributed by atoms with van der Waals surface area (Å²) in [5.74, 6) is 0.381. The molecule has 0 heterocycles. The minimum Gasteiger partial charge on any atom is -0.491 e. The van der Waals surface area contributed by atoms with Crippen molar-refractivity contribution in [3.05, 3.63) is 78.4 Å². The second-order valence-electron chi connectivity index (χ2n) is 5.31. The number of rotatable bonds is 9. The molecule has 0 fully saturated rings.